The summed E-state index contributed by atoms with van der Waals surface area (Å²) in [5, 5.41) is 0. The van der Waals surface area contributed by atoms with Crippen molar-refractivity contribution in [2.24, 2.45) is 5.92 Å². The van der Waals surface area contributed by atoms with E-state index in [1.807, 2.05) is 13.3 Å². The second kappa shape index (κ2) is 5.16. The second-order valence-corrected chi connectivity index (χ2v) is 3.00. The third kappa shape index (κ3) is 2.91. The first-order valence-electron chi connectivity index (χ1n) is 4.31. The molecule has 0 aliphatic heterocycles. The summed E-state index contributed by atoms with van der Waals surface area (Å²) >= 11 is 0. The molecule has 0 aliphatic rings. The Balaban J connectivity index is 3.96. The average molecular weight is 156 g/mol. The van der Waals surface area contributed by atoms with Crippen LogP contribution in [0.15, 0.2) is 0 Å². The Kier molecular flexibility index (Phi) is 4.92. The fourth-order valence-electron chi connectivity index (χ4n) is 1.08. The quantitative estimate of drug-likeness (QED) is 0.556. The van der Waals surface area contributed by atoms with Gasteiger partial charge in [0.1, 0.15) is 0 Å². The molecule has 0 N–H and O–H groups in total. The molecule has 0 aromatic rings. The van der Waals surface area contributed by atoms with E-state index in [0.29, 0.717) is 12.0 Å². The molecule has 2 unspecified atom stereocenters. The third-order valence-electron chi connectivity index (χ3n) is 2.42. The Hall–Kier alpha value is -0.530. The number of hydrogen-bond acceptors (Lipinski definition) is 1. The highest BCUT2D eigenvalue weighted by atomic mass is 16.1. The maximum atomic E-state index is 10.4. The molecule has 0 aromatic carbocycles. The average Bonchev–Trinajstić information content (AvgIpc) is 2.05. The van der Waals surface area contributed by atoms with Crippen molar-refractivity contribution in [3.05, 3.63) is 0 Å². The van der Waals surface area contributed by atoms with Crippen molar-refractivity contribution < 1.29 is 4.79 Å². The van der Waals surface area contributed by atoms with Crippen LogP contribution < -0.4 is 0 Å². The van der Waals surface area contributed by atoms with Crippen molar-refractivity contribution in [1.82, 2.24) is 4.90 Å². The minimum Gasteiger partial charge on any atom is -0.332 e. The van der Waals surface area contributed by atoms with Crippen LogP contribution >= 0.6 is 0 Å². The van der Waals surface area contributed by atoms with Gasteiger partial charge in [0.2, 0.25) is 0 Å². The van der Waals surface area contributed by atoms with Gasteiger partial charge >= 0.3 is 6.41 Å². The van der Waals surface area contributed by atoms with Crippen LogP contribution in [0.3, 0.4) is 0 Å². The van der Waals surface area contributed by atoms with Gasteiger partial charge in [-0.05, 0) is 19.8 Å². The Morgan fingerprint density at radius 3 is 2.18 bits per heavy atom. The molecule has 2 heteroatoms. The van der Waals surface area contributed by atoms with Crippen LogP contribution in [0.2, 0.25) is 0 Å². The van der Waals surface area contributed by atoms with E-state index in [0.717, 1.165) is 13.0 Å². The molecule has 1 radical (unpaired) electrons. The summed E-state index contributed by atoms with van der Waals surface area (Å²) in [5.74, 6) is 0.566. The molecule has 0 rings (SSSR count). The Morgan fingerprint density at radius 2 is 1.91 bits per heavy atom. The fraction of sp³-hybridized carbons (Fsp3) is 0.889. The Bertz CT molecular complexity index is 114. The number of amides is 1. The van der Waals surface area contributed by atoms with Crippen LogP contribution in [-0.4, -0.2) is 23.9 Å². The van der Waals surface area contributed by atoms with Gasteiger partial charge in [0.25, 0.3) is 0 Å². The lowest BCUT2D eigenvalue weighted by atomic mass is 10.00. The molecule has 11 heavy (non-hydrogen) atoms. The first kappa shape index (κ1) is 10.5. The first-order chi connectivity index (χ1) is 5.17. The third-order valence-corrected chi connectivity index (χ3v) is 2.42. The van der Waals surface area contributed by atoms with Gasteiger partial charge in [-0.15, -0.1) is 0 Å². The van der Waals surface area contributed by atoms with E-state index in [2.05, 4.69) is 20.8 Å². The van der Waals surface area contributed by atoms with E-state index in [-0.39, 0.29) is 0 Å². The summed E-state index contributed by atoms with van der Waals surface area (Å²) in [4.78, 5) is 12.1. The maximum Gasteiger partial charge on any atom is 0.312 e. The van der Waals surface area contributed by atoms with Gasteiger partial charge < -0.3 is 4.90 Å². The van der Waals surface area contributed by atoms with Gasteiger partial charge in [0.05, 0.1) is 0 Å². The number of carbonyl (C=O) groups excluding carboxylic acids is 1. The predicted octanol–water partition coefficient (Wildman–Crippen LogP) is 1.81. The zero-order valence-electron chi connectivity index (χ0n) is 7.92. The zero-order chi connectivity index (χ0) is 8.85. The molecule has 0 fully saturated rings. The van der Waals surface area contributed by atoms with E-state index in [1.165, 1.54) is 0 Å². The molecule has 1 amide bonds. The lowest BCUT2D eigenvalue weighted by Crippen LogP contribution is -2.36. The van der Waals surface area contributed by atoms with Crippen LogP contribution in [0.1, 0.15) is 34.1 Å². The Labute approximate surface area is 69.6 Å². The molecule has 0 bridgehead atoms. The summed E-state index contributed by atoms with van der Waals surface area (Å²) in [6, 6.07) is 0.322. The molecule has 65 valence electrons. The van der Waals surface area contributed by atoms with Crippen molar-refractivity contribution in [3.8, 4) is 0 Å². The second-order valence-electron chi connectivity index (χ2n) is 3.00. The number of hydrogen-bond donors (Lipinski definition) is 0. The topological polar surface area (TPSA) is 20.3 Å². The highest BCUT2D eigenvalue weighted by Gasteiger charge is 2.15. The van der Waals surface area contributed by atoms with Crippen molar-refractivity contribution in [1.29, 1.82) is 0 Å². The fourth-order valence-corrected chi connectivity index (χ4v) is 1.08. The van der Waals surface area contributed by atoms with Crippen LogP contribution in [0.4, 0.5) is 0 Å². The van der Waals surface area contributed by atoms with Crippen LogP contribution in [-0.2, 0) is 4.79 Å². The van der Waals surface area contributed by atoms with Crippen molar-refractivity contribution in [3.63, 3.8) is 0 Å². The molecular formula is C9H18NO. The van der Waals surface area contributed by atoms with E-state index < -0.39 is 0 Å². The van der Waals surface area contributed by atoms with Gasteiger partial charge in [-0.25, -0.2) is 0 Å². The maximum absolute atomic E-state index is 10.4. The van der Waals surface area contributed by atoms with Gasteiger partial charge in [-0.1, -0.05) is 20.3 Å². The monoisotopic (exact) mass is 156 g/mol. The van der Waals surface area contributed by atoms with Gasteiger partial charge in [-0.2, -0.15) is 0 Å². The predicted molar refractivity (Wildman–Crippen MR) is 47.0 cm³/mol. The van der Waals surface area contributed by atoms with Crippen molar-refractivity contribution >= 4 is 6.41 Å². The molecule has 0 saturated heterocycles. The highest BCUT2D eigenvalue weighted by molar-refractivity contribution is 5.48. The van der Waals surface area contributed by atoms with E-state index >= 15 is 0 Å². The standard InChI is InChI=1S/C9H18NO/c1-5-8(3)9(4)10(6-2)7-11/h8-9H,5-6H2,1-4H3. The molecule has 0 spiro atoms. The SMILES string of the molecule is CCC(C)C(C)N([C]=O)CC. The molecule has 2 atom stereocenters. The van der Waals surface area contributed by atoms with Gasteiger partial charge in [0, 0.05) is 12.6 Å². The molecule has 0 heterocycles. The van der Waals surface area contributed by atoms with Gasteiger partial charge in [0.15, 0.2) is 0 Å². The zero-order valence-corrected chi connectivity index (χ0v) is 7.92. The van der Waals surface area contributed by atoms with Crippen LogP contribution in [0.25, 0.3) is 0 Å². The summed E-state index contributed by atoms with van der Waals surface area (Å²) < 4.78 is 0. The smallest absolute Gasteiger partial charge is 0.312 e. The summed E-state index contributed by atoms with van der Waals surface area (Å²) in [5.41, 5.74) is 0. The lowest BCUT2D eigenvalue weighted by molar-refractivity contribution is 0.248. The molecule has 2 nitrogen and oxygen atoms in total. The minimum absolute atomic E-state index is 0.322. The van der Waals surface area contributed by atoms with Crippen molar-refractivity contribution in [2.45, 2.75) is 40.2 Å². The Morgan fingerprint density at radius 1 is 1.36 bits per heavy atom. The van der Waals surface area contributed by atoms with Crippen LogP contribution in [0, 0.1) is 5.92 Å². The normalized spacial score (nSPS) is 15.6. The molecule has 0 aliphatic carbocycles. The van der Waals surface area contributed by atoms with Gasteiger partial charge in [-0.3, -0.25) is 4.79 Å². The number of rotatable bonds is 5. The summed E-state index contributed by atoms with van der Waals surface area (Å²) in [6.45, 7) is 9.10. The summed E-state index contributed by atoms with van der Waals surface area (Å²) in [7, 11) is 0. The highest BCUT2D eigenvalue weighted by Crippen LogP contribution is 2.11. The molecule has 0 saturated carbocycles. The number of nitrogens with zero attached hydrogens (tertiary/aromatic N) is 1. The van der Waals surface area contributed by atoms with E-state index in [9.17, 15) is 4.79 Å². The molecular weight excluding hydrogens is 138 g/mol. The summed E-state index contributed by atoms with van der Waals surface area (Å²) in [6.07, 6.45) is 3.06. The molecule has 0 aromatic heterocycles. The largest absolute Gasteiger partial charge is 0.332 e. The van der Waals surface area contributed by atoms with E-state index in [1.54, 1.807) is 4.90 Å². The minimum atomic E-state index is 0.322. The van der Waals surface area contributed by atoms with Crippen LogP contribution in [0.5, 0.6) is 0 Å². The van der Waals surface area contributed by atoms with E-state index in [4.69, 9.17) is 0 Å². The van der Waals surface area contributed by atoms with Crippen molar-refractivity contribution in [2.75, 3.05) is 6.54 Å². The lowest BCUT2D eigenvalue weighted by Gasteiger charge is -2.27. The first-order valence-corrected chi connectivity index (χ1v) is 4.31.